The van der Waals surface area contributed by atoms with Crippen molar-refractivity contribution >= 4 is 17.3 Å². The van der Waals surface area contributed by atoms with Gasteiger partial charge in [0.25, 0.3) is 5.91 Å². The van der Waals surface area contributed by atoms with E-state index in [0.717, 1.165) is 25.3 Å². The number of benzene rings is 2. The van der Waals surface area contributed by atoms with Crippen molar-refractivity contribution in [3.63, 3.8) is 0 Å². The molecule has 0 aliphatic carbocycles. The van der Waals surface area contributed by atoms with Crippen molar-refractivity contribution in [2.24, 2.45) is 5.41 Å². The molecule has 1 saturated heterocycles. The molecule has 1 heterocycles. The Morgan fingerprint density at radius 1 is 1.13 bits per heavy atom. The fraction of sp³-hybridized carbons (Fsp3) is 0.480. The van der Waals surface area contributed by atoms with E-state index in [9.17, 15) is 9.18 Å². The van der Waals surface area contributed by atoms with E-state index in [2.05, 4.69) is 44.7 Å². The van der Waals surface area contributed by atoms with Crippen LogP contribution in [0.25, 0.3) is 0 Å². The number of carbonyl (C=O) groups excluding carboxylic acids is 1. The van der Waals surface area contributed by atoms with Gasteiger partial charge in [0.15, 0.2) is 0 Å². The van der Waals surface area contributed by atoms with Crippen LogP contribution in [-0.4, -0.2) is 57.7 Å². The quantitative estimate of drug-likeness (QED) is 0.671. The van der Waals surface area contributed by atoms with Gasteiger partial charge >= 0.3 is 0 Å². The summed E-state index contributed by atoms with van der Waals surface area (Å²) in [5.74, 6) is 0.233. The number of amides is 1. The molecule has 1 unspecified atom stereocenters. The van der Waals surface area contributed by atoms with E-state index in [4.69, 9.17) is 4.74 Å². The highest BCUT2D eigenvalue weighted by Crippen LogP contribution is 2.29. The van der Waals surface area contributed by atoms with E-state index < -0.39 is 0 Å². The number of hydrogen-bond acceptors (Lipinski definition) is 4. The topological polar surface area (TPSA) is 36.0 Å². The molecule has 2 aromatic carbocycles. The molecule has 31 heavy (non-hydrogen) atoms. The minimum absolute atomic E-state index is 0.0629. The summed E-state index contributed by atoms with van der Waals surface area (Å²) in [7, 11) is 5.77. The lowest BCUT2D eigenvalue weighted by Gasteiger charge is -2.24. The fourth-order valence-electron chi connectivity index (χ4n) is 3.65. The van der Waals surface area contributed by atoms with Gasteiger partial charge in [-0.1, -0.05) is 20.8 Å². The molecule has 0 spiro atoms. The first-order chi connectivity index (χ1) is 14.5. The standard InChI is InChI=1S/C25H34FN3O2/c1-25(2,3)17-31-21-10-7-18(8-11-21)24(30)28(6)19-9-12-23(22(26)15-19)29-14-13-20(16-29)27(4)5/h7-12,15,20H,13-14,16-17H2,1-6H3. The van der Waals surface area contributed by atoms with Gasteiger partial charge in [-0.15, -0.1) is 0 Å². The van der Waals surface area contributed by atoms with Crippen molar-refractivity contribution in [3.8, 4) is 5.75 Å². The van der Waals surface area contributed by atoms with Crippen molar-refractivity contribution in [1.82, 2.24) is 4.90 Å². The summed E-state index contributed by atoms with van der Waals surface area (Å²) in [6.45, 7) is 8.55. The molecule has 1 fully saturated rings. The van der Waals surface area contributed by atoms with Crippen molar-refractivity contribution in [2.45, 2.75) is 33.2 Å². The lowest BCUT2D eigenvalue weighted by Crippen LogP contribution is -2.31. The molecule has 1 aliphatic rings. The Balaban J connectivity index is 1.67. The molecular formula is C25H34FN3O2. The molecule has 6 heteroatoms. The molecule has 1 amide bonds. The van der Waals surface area contributed by atoms with Crippen molar-refractivity contribution in [1.29, 1.82) is 0 Å². The highest BCUT2D eigenvalue weighted by Gasteiger charge is 2.26. The Labute approximate surface area is 185 Å². The van der Waals surface area contributed by atoms with E-state index in [-0.39, 0.29) is 17.1 Å². The number of rotatable bonds is 6. The van der Waals surface area contributed by atoms with Crippen LogP contribution in [0, 0.1) is 11.2 Å². The second-order valence-corrected chi connectivity index (χ2v) is 9.73. The average Bonchev–Trinajstić information content (AvgIpc) is 3.21. The van der Waals surface area contributed by atoms with Gasteiger partial charge in [-0.25, -0.2) is 4.39 Å². The first kappa shape index (κ1) is 23.1. The minimum atomic E-state index is -0.303. The van der Waals surface area contributed by atoms with E-state index in [1.807, 2.05) is 0 Å². The summed E-state index contributed by atoms with van der Waals surface area (Å²) >= 11 is 0. The van der Waals surface area contributed by atoms with Gasteiger partial charge in [0.05, 0.1) is 12.3 Å². The van der Waals surface area contributed by atoms with Crippen LogP contribution in [0.5, 0.6) is 5.75 Å². The van der Waals surface area contributed by atoms with E-state index in [1.54, 1.807) is 43.4 Å². The number of hydrogen-bond donors (Lipinski definition) is 0. The molecule has 1 aliphatic heterocycles. The number of carbonyl (C=O) groups is 1. The van der Waals surface area contributed by atoms with Crippen LogP contribution in [0.2, 0.25) is 0 Å². The third-order valence-corrected chi connectivity index (χ3v) is 5.63. The summed E-state index contributed by atoms with van der Waals surface area (Å²) in [6.07, 6.45) is 1.02. The number of halogens is 1. The van der Waals surface area contributed by atoms with E-state index in [0.29, 0.717) is 29.6 Å². The summed E-state index contributed by atoms with van der Waals surface area (Å²) < 4.78 is 20.6. The lowest BCUT2D eigenvalue weighted by molar-refractivity contribution is 0.0993. The fourth-order valence-corrected chi connectivity index (χ4v) is 3.65. The van der Waals surface area contributed by atoms with Gasteiger partial charge in [0.1, 0.15) is 11.6 Å². The Kier molecular flexibility index (Phi) is 6.90. The van der Waals surface area contributed by atoms with E-state index in [1.165, 1.54) is 11.0 Å². The summed E-state index contributed by atoms with van der Waals surface area (Å²) in [5, 5.41) is 0. The van der Waals surface area contributed by atoms with Crippen molar-refractivity contribution < 1.29 is 13.9 Å². The third-order valence-electron chi connectivity index (χ3n) is 5.63. The van der Waals surface area contributed by atoms with Crippen LogP contribution in [0.3, 0.4) is 0 Å². The largest absolute Gasteiger partial charge is 0.493 e. The molecule has 168 valence electrons. The number of anilines is 2. The monoisotopic (exact) mass is 427 g/mol. The summed E-state index contributed by atoms with van der Waals surface area (Å²) in [6, 6.07) is 12.5. The first-order valence-electron chi connectivity index (χ1n) is 10.8. The molecule has 0 radical (unpaired) electrons. The highest BCUT2D eigenvalue weighted by molar-refractivity contribution is 6.05. The maximum Gasteiger partial charge on any atom is 0.258 e. The molecule has 0 saturated carbocycles. The minimum Gasteiger partial charge on any atom is -0.493 e. The zero-order chi connectivity index (χ0) is 22.8. The highest BCUT2D eigenvalue weighted by atomic mass is 19.1. The summed E-state index contributed by atoms with van der Waals surface area (Å²) in [5.41, 5.74) is 1.72. The van der Waals surface area contributed by atoms with Crippen LogP contribution >= 0.6 is 0 Å². The second kappa shape index (κ2) is 9.27. The third kappa shape index (κ3) is 5.76. The van der Waals surface area contributed by atoms with Gasteiger partial charge in [0, 0.05) is 37.4 Å². The zero-order valence-electron chi connectivity index (χ0n) is 19.5. The number of ether oxygens (including phenoxy) is 1. The molecular weight excluding hydrogens is 393 g/mol. The first-order valence-corrected chi connectivity index (χ1v) is 10.8. The van der Waals surface area contributed by atoms with Crippen molar-refractivity contribution in [3.05, 3.63) is 53.8 Å². The van der Waals surface area contributed by atoms with Gasteiger partial charge in [-0.3, -0.25) is 4.79 Å². The van der Waals surface area contributed by atoms with Gasteiger partial charge in [-0.2, -0.15) is 0 Å². The molecule has 0 aromatic heterocycles. The predicted molar refractivity (Wildman–Crippen MR) is 125 cm³/mol. The lowest BCUT2D eigenvalue weighted by atomic mass is 9.99. The van der Waals surface area contributed by atoms with Gasteiger partial charge < -0.3 is 19.4 Å². The maximum atomic E-state index is 14.9. The SMILES string of the molecule is CN(C(=O)c1ccc(OCC(C)(C)C)cc1)c1ccc(N2CCC(N(C)C)C2)c(F)c1. The maximum absolute atomic E-state index is 14.9. The second-order valence-electron chi connectivity index (χ2n) is 9.73. The van der Waals surface area contributed by atoms with Crippen LogP contribution in [0.15, 0.2) is 42.5 Å². The average molecular weight is 428 g/mol. The van der Waals surface area contributed by atoms with Gasteiger partial charge in [0.2, 0.25) is 0 Å². The molecule has 0 bridgehead atoms. The van der Waals surface area contributed by atoms with Crippen LogP contribution in [-0.2, 0) is 0 Å². The Hall–Kier alpha value is -2.60. The van der Waals surface area contributed by atoms with Crippen LogP contribution in [0.1, 0.15) is 37.6 Å². The van der Waals surface area contributed by atoms with Crippen LogP contribution in [0.4, 0.5) is 15.8 Å². The smallest absolute Gasteiger partial charge is 0.258 e. The van der Waals surface area contributed by atoms with Crippen molar-refractivity contribution in [2.75, 3.05) is 50.6 Å². The number of nitrogens with zero attached hydrogens (tertiary/aromatic N) is 3. The Morgan fingerprint density at radius 2 is 1.81 bits per heavy atom. The predicted octanol–water partition coefficient (Wildman–Crippen LogP) is 4.67. The molecule has 0 N–H and O–H groups in total. The molecule has 3 rings (SSSR count). The Morgan fingerprint density at radius 3 is 2.35 bits per heavy atom. The molecule has 1 atom stereocenters. The zero-order valence-corrected chi connectivity index (χ0v) is 19.5. The van der Waals surface area contributed by atoms with Gasteiger partial charge in [-0.05, 0) is 68.4 Å². The van der Waals surface area contributed by atoms with E-state index >= 15 is 0 Å². The summed E-state index contributed by atoms with van der Waals surface area (Å²) in [4.78, 5) is 18.6. The number of likely N-dealkylation sites (N-methyl/N-ethyl adjacent to an activating group) is 1. The normalized spacial score (nSPS) is 16.6. The Bertz CT molecular complexity index is 906. The molecule has 2 aromatic rings. The molecule has 5 nitrogen and oxygen atoms in total. The van der Waals surface area contributed by atoms with Crippen LogP contribution < -0.4 is 14.5 Å².